The van der Waals surface area contributed by atoms with Crippen LogP contribution in [0.3, 0.4) is 0 Å². The second-order valence-corrected chi connectivity index (χ2v) is 6.39. The highest BCUT2D eigenvalue weighted by atomic mass is 16.3. The highest BCUT2D eigenvalue weighted by Gasteiger charge is 2.49. The number of aliphatic hydroxyl groups excluding tert-OH is 1. The monoisotopic (exact) mass is 333 g/mol. The van der Waals surface area contributed by atoms with E-state index in [1.165, 1.54) is 12.4 Å². The van der Waals surface area contributed by atoms with E-state index in [0.29, 0.717) is 44.6 Å². The third-order valence-corrected chi connectivity index (χ3v) is 5.20. The molecule has 2 amide bonds. The van der Waals surface area contributed by atoms with E-state index in [-0.39, 0.29) is 18.4 Å². The summed E-state index contributed by atoms with van der Waals surface area (Å²) >= 11 is 0. The molecule has 1 aromatic heterocycles. The molecule has 0 saturated carbocycles. The fraction of sp³-hybridized carbons (Fsp3) is 0.625. The number of amides is 2. The van der Waals surface area contributed by atoms with E-state index in [0.717, 1.165) is 6.54 Å². The van der Waals surface area contributed by atoms with Crippen molar-refractivity contribution in [2.75, 3.05) is 46.4 Å². The van der Waals surface area contributed by atoms with Gasteiger partial charge in [0.1, 0.15) is 5.54 Å². The van der Waals surface area contributed by atoms with Crippen molar-refractivity contribution < 1.29 is 14.7 Å². The van der Waals surface area contributed by atoms with Crippen molar-refractivity contribution in [3.05, 3.63) is 24.0 Å². The predicted octanol–water partition coefficient (Wildman–Crippen LogP) is -0.782. The van der Waals surface area contributed by atoms with E-state index in [2.05, 4.69) is 15.1 Å². The Hall–Kier alpha value is -2.06. The Kier molecular flexibility index (Phi) is 4.77. The van der Waals surface area contributed by atoms with Crippen molar-refractivity contribution in [3.63, 3.8) is 0 Å². The number of carbonyl (C=O) groups excluding carboxylic acids is 2. The molecule has 0 atom stereocenters. The molecule has 8 heteroatoms. The Morgan fingerprint density at radius 2 is 2.00 bits per heavy atom. The number of likely N-dealkylation sites (N-methyl/N-ethyl adjacent to an activating group) is 1. The standard InChI is InChI=1S/C16H23N5O3/c1-19-8-9-21(10-11-22)15(24)16(19)3-6-20(7-4-16)14(23)13-2-5-17-18-12-13/h2,5,12,22H,3-4,6-11H2,1H3. The molecule has 0 aliphatic carbocycles. The van der Waals surface area contributed by atoms with Gasteiger partial charge in [-0.25, -0.2) is 0 Å². The van der Waals surface area contributed by atoms with Gasteiger partial charge in [0.25, 0.3) is 5.91 Å². The molecule has 1 aromatic rings. The van der Waals surface area contributed by atoms with Gasteiger partial charge in [-0.3, -0.25) is 14.5 Å². The molecule has 0 radical (unpaired) electrons. The molecule has 24 heavy (non-hydrogen) atoms. The predicted molar refractivity (Wildman–Crippen MR) is 86.2 cm³/mol. The first-order chi connectivity index (χ1) is 11.6. The van der Waals surface area contributed by atoms with Crippen LogP contribution in [0.1, 0.15) is 23.2 Å². The largest absolute Gasteiger partial charge is 0.395 e. The highest BCUT2D eigenvalue weighted by molar-refractivity contribution is 5.94. The summed E-state index contributed by atoms with van der Waals surface area (Å²) in [5, 5.41) is 16.6. The minimum Gasteiger partial charge on any atom is -0.395 e. The molecule has 0 bridgehead atoms. The van der Waals surface area contributed by atoms with Gasteiger partial charge in [0.05, 0.1) is 24.6 Å². The van der Waals surface area contributed by atoms with Crippen LogP contribution in [-0.2, 0) is 4.79 Å². The van der Waals surface area contributed by atoms with Crippen LogP contribution in [-0.4, -0.2) is 93.7 Å². The Labute approximate surface area is 141 Å². The first-order valence-corrected chi connectivity index (χ1v) is 8.26. The van der Waals surface area contributed by atoms with E-state index in [9.17, 15) is 9.59 Å². The number of rotatable bonds is 3. The van der Waals surface area contributed by atoms with Gasteiger partial charge < -0.3 is 14.9 Å². The smallest absolute Gasteiger partial charge is 0.255 e. The maximum atomic E-state index is 12.9. The number of piperidine rings is 1. The first kappa shape index (κ1) is 16.8. The summed E-state index contributed by atoms with van der Waals surface area (Å²) in [6, 6.07) is 1.65. The third kappa shape index (κ3) is 2.87. The molecule has 2 aliphatic heterocycles. The maximum Gasteiger partial charge on any atom is 0.255 e. The fourth-order valence-electron chi connectivity index (χ4n) is 3.65. The van der Waals surface area contributed by atoms with Crippen LogP contribution in [0.5, 0.6) is 0 Å². The van der Waals surface area contributed by atoms with Gasteiger partial charge >= 0.3 is 0 Å². The number of piperazine rings is 1. The SMILES string of the molecule is CN1CCN(CCO)C(=O)C12CCN(C(=O)c1ccnnc1)CC2. The maximum absolute atomic E-state index is 12.9. The third-order valence-electron chi connectivity index (χ3n) is 5.20. The van der Waals surface area contributed by atoms with Crippen molar-refractivity contribution in [1.82, 2.24) is 24.9 Å². The van der Waals surface area contributed by atoms with Crippen LogP contribution in [0.2, 0.25) is 0 Å². The molecule has 1 N–H and O–H groups in total. The van der Waals surface area contributed by atoms with Crippen LogP contribution in [0.15, 0.2) is 18.5 Å². The second kappa shape index (κ2) is 6.82. The molecule has 8 nitrogen and oxygen atoms in total. The first-order valence-electron chi connectivity index (χ1n) is 8.26. The molecule has 3 heterocycles. The molecular weight excluding hydrogens is 310 g/mol. The Morgan fingerprint density at radius 1 is 1.25 bits per heavy atom. The zero-order valence-corrected chi connectivity index (χ0v) is 13.9. The van der Waals surface area contributed by atoms with Crippen LogP contribution < -0.4 is 0 Å². The van der Waals surface area contributed by atoms with Crippen molar-refractivity contribution in [1.29, 1.82) is 0 Å². The Morgan fingerprint density at radius 3 is 2.62 bits per heavy atom. The summed E-state index contributed by atoms with van der Waals surface area (Å²) in [5.74, 6) is 0.000789. The molecular formula is C16H23N5O3. The van der Waals surface area contributed by atoms with Crippen molar-refractivity contribution in [2.24, 2.45) is 0 Å². The zero-order valence-electron chi connectivity index (χ0n) is 13.9. The summed E-state index contributed by atoms with van der Waals surface area (Å²) in [5.41, 5.74) is -0.0353. The average molecular weight is 333 g/mol. The number of nitrogens with zero attached hydrogens (tertiary/aromatic N) is 5. The zero-order chi connectivity index (χ0) is 17.2. The molecule has 130 valence electrons. The molecule has 1 spiro atoms. The lowest BCUT2D eigenvalue weighted by Gasteiger charge is -2.51. The number of likely N-dealkylation sites (tertiary alicyclic amines) is 1. The van der Waals surface area contributed by atoms with E-state index >= 15 is 0 Å². The van der Waals surface area contributed by atoms with Crippen LogP contribution >= 0.6 is 0 Å². The molecule has 0 unspecified atom stereocenters. The quantitative estimate of drug-likeness (QED) is 0.780. The van der Waals surface area contributed by atoms with E-state index < -0.39 is 5.54 Å². The molecule has 2 aliphatic rings. The summed E-state index contributed by atoms with van der Waals surface area (Å²) in [7, 11) is 1.97. The number of aliphatic hydroxyl groups is 1. The topological polar surface area (TPSA) is 89.9 Å². The van der Waals surface area contributed by atoms with E-state index in [1.807, 2.05) is 7.05 Å². The van der Waals surface area contributed by atoms with Gasteiger partial charge in [0.2, 0.25) is 5.91 Å². The van der Waals surface area contributed by atoms with Gasteiger partial charge in [-0.15, -0.1) is 0 Å². The minimum atomic E-state index is -0.555. The van der Waals surface area contributed by atoms with Gasteiger partial charge in [-0.05, 0) is 26.0 Å². The lowest BCUT2D eigenvalue weighted by atomic mass is 9.82. The minimum absolute atomic E-state index is 0.0226. The van der Waals surface area contributed by atoms with Gasteiger partial charge in [-0.1, -0.05) is 0 Å². The van der Waals surface area contributed by atoms with Crippen molar-refractivity contribution in [3.8, 4) is 0 Å². The molecule has 3 rings (SSSR count). The van der Waals surface area contributed by atoms with Crippen molar-refractivity contribution >= 4 is 11.8 Å². The average Bonchev–Trinajstić information content (AvgIpc) is 2.63. The van der Waals surface area contributed by atoms with Gasteiger partial charge in [-0.2, -0.15) is 10.2 Å². The van der Waals surface area contributed by atoms with Gasteiger partial charge in [0.15, 0.2) is 0 Å². The summed E-state index contributed by atoms with van der Waals surface area (Å²) in [6.07, 6.45) is 4.18. The number of aromatic nitrogens is 2. The molecule has 2 fully saturated rings. The lowest BCUT2D eigenvalue weighted by molar-refractivity contribution is -0.154. The molecule has 0 aromatic carbocycles. The normalized spacial score (nSPS) is 21.3. The Balaban J connectivity index is 1.71. The van der Waals surface area contributed by atoms with Gasteiger partial charge in [0, 0.05) is 32.7 Å². The summed E-state index contributed by atoms with van der Waals surface area (Å²) in [4.78, 5) is 31.0. The summed E-state index contributed by atoms with van der Waals surface area (Å²) in [6.45, 7) is 2.84. The van der Waals surface area contributed by atoms with Crippen molar-refractivity contribution in [2.45, 2.75) is 18.4 Å². The second-order valence-electron chi connectivity index (χ2n) is 6.39. The number of carbonyl (C=O) groups is 2. The van der Waals surface area contributed by atoms with Crippen LogP contribution in [0, 0.1) is 0 Å². The number of β-amino-alcohol motifs (C(OH)–C–C–N with tert-alkyl or cyclic N) is 1. The van der Waals surface area contributed by atoms with E-state index in [1.54, 1.807) is 15.9 Å². The van der Waals surface area contributed by atoms with Crippen LogP contribution in [0.4, 0.5) is 0 Å². The Bertz CT molecular complexity index is 601. The molecule has 2 saturated heterocycles. The lowest BCUT2D eigenvalue weighted by Crippen LogP contribution is -2.68. The number of hydrogen-bond acceptors (Lipinski definition) is 6. The highest BCUT2D eigenvalue weighted by Crippen LogP contribution is 2.33. The van der Waals surface area contributed by atoms with Crippen LogP contribution in [0.25, 0.3) is 0 Å². The summed E-state index contributed by atoms with van der Waals surface area (Å²) < 4.78 is 0. The fourth-order valence-corrected chi connectivity index (χ4v) is 3.65. The number of hydrogen-bond donors (Lipinski definition) is 1. The van der Waals surface area contributed by atoms with E-state index in [4.69, 9.17) is 5.11 Å².